The Morgan fingerprint density at radius 2 is 2.00 bits per heavy atom. The summed E-state index contributed by atoms with van der Waals surface area (Å²) in [5, 5.41) is 12.4. The summed E-state index contributed by atoms with van der Waals surface area (Å²) in [5.74, 6) is 0.175. The number of halogens is 1. The maximum atomic E-state index is 8.96. The molecule has 1 aromatic carbocycles. The van der Waals surface area contributed by atoms with Crippen LogP contribution < -0.4 is 5.32 Å². The first kappa shape index (κ1) is 10.5. The van der Waals surface area contributed by atoms with E-state index in [0.29, 0.717) is 6.04 Å². The first-order valence-corrected chi connectivity index (χ1v) is 6.00. The molecule has 78 valence electrons. The third-order valence-corrected chi connectivity index (χ3v) is 3.41. The minimum Gasteiger partial charge on any atom is -0.381 e. The molecule has 0 saturated heterocycles. The van der Waals surface area contributed by atoms with Crippen LogP contribution in [0.5, 0.6) is 0 Å². The molecule has 2 atom stereocenters. The monoisotopic (exact) mass is 264 g/mol. The lowest BCUT2D eigenvalue weighted by molar-refractivity contribution is 0.630. The van der Waals surface area contributed by atoms with Crippen molar-refractivity contribution in [3.05, 3.63) is 28.7 Å². The topological polar surface area (TPSA) is 35.8 Å². The predicted octanol–water partition coefficient (Wildman–Crippen LogP) is 3.55. The SMILES string of the molecule is N#CC1CCCC1Nc1ccc(Br)cc1. The Bertz CT molecular complexity index is 366. The Hall–Kier alpha value is -1.01. The van der Waals surface area contributed by atoms with Crippen molar-refractivity contribution in [2.75, 3.05) is 5.32 Å². The Morgan fingerprint density at radius 1 is 1.27 bits per heavy atom. The first-order chi connectivity index (χ1) is 7.29. The number of rotatable bonds is 2. The smallest absolute Gasteiger partial charge is 0.0677 e. The second-order valence-corrected chi connectivity index (χ2v) is 4.84. The molecule has 1 N–H and O–H groups in total. The van der Waals surface area contributed by atoms with Crippen LogP contribution in [0, 0.1) is 17.2 Å². The minimum absolute atomic E-state index is 0.175. The number of nitrogens with one attached hydrogen (secondary N) is 1. The van der Waals surface area contributed by atoms with Gasteiger partial charge in [0.05, 0.1) is 12.0 Å². The fourth-order valence-corrected chi connectivity index (χ4v) is 2.31. The number of benzene rings is 1. The molecular weight excluding hydrogens is 252 g/mol. The Morgan fingerprint density at radius 3 is 2.67 bits per heavy atom. The van der Waals surface area contributed by atoms with E-state index in [4.69, 9.17) is 5.26 Å². The van der Waals surface area contributed by atoms with E-state index in [0.717, 1.165) is 29.4 Å². The lowest BCUT2D eigenvalue weighted by Gasteiger charge is -2.16. The second kappa shape index (κ2) is 4.67. The lowest BCUT2D eigenvalue weighted by Crippen LogP contribution is -2.22. The van der Waals surface area contributed by atoms with Crippen molar-refractivity contribution in [3.63, 3.8) is 0 Å². The van der Waals surface area contributed by atoms with E-state index in [-0.39, 0.29) is 5.92 Å². The Kier molecular flexibility index (Phi) is 3.27. The summed E-state index contributed by atoms with van der Waals surface area (Å²) in [6, 6.07) is 10.8. The molecule has 15 heavy (non-hydrogen) atoms. The van der Waals surface area contributed by atoms with Crippen molar-refractivity contribution in [2.24, 2.45) is 5.92 Å². The molecule has 3 heteroatoms. The van der Waals surface area contributed by atoms with Gasteiger partial charge >= 0.3 is 0 Å². The molecule has 0 aromatic heterocycles. The molecule has 2 nitrogen and oxygen atoms in total. The number of anilines is 1. The molecule has 0 amide bonds. The second-order valence-electron chi connectivity index (χ2n) is 3.92. The Labute approximate surface area is 98.4 Å². The van der Waals surface area contributed by atoms with Crippen LogP contribution >= 0.6 is 15.9 Å². The summed E-state index contributed by atoms with van der Waals surface area (Å²) >= 11 is 3.40. The highest BCUT2D eigenvalue weighted by molar-refractivity contribution is 9.10. The minimum atomic E-state index is 0.175. The fraction of sp³-hybridized carbons (Fsp3) is 0.417. The standard InChI is InChI=1S/C12H13BrN2/c13-10-4-6-11(7-5-10)15-12-3-1-2-9(12)8-14/h4-7,9,12,15H,1-3H2. The predicted molar refractivity (Wildman–Crippen MR) is 64.5 cm³/mol. The van der Waals surface area contributed by atoms with Crippen LogP contribution in [0.2, 0.25) is 0 Å². The highest BCUT2D eigenvalue weighted by Gasteiger charge is 2.26. The van der Waals surface area contributed by atoms with Gasteiger partial charge in [0, 0.05) is 16.2 Å². The number of hydrogen-bond acceptors (Lipinski definition) is 2. The number of nitrogens with zero attached hydrogens (tertiary/aromatic N) is 1. The van der Waals surface area contributed by atoms with E-state index in [1.165, 1.54) is 0 Å². The van der Waals surface area contributed by atoms with Gasteiger partial charge in [-0.15, -0.1) is 0 Å². The van der Waals surface area contributed by atoms with Crippen molar-refractivity contribution < 1.29 is 0 Å². The van der Waals surface area contributed by atoms with E-state index in [1.807, 2.05) is 24.3 Å². The van der Waals surface area contributed by atoms with Gasteiger partial charge < -0.3 is 5.32 Å². The summed E-state index contributed by atoms with van der Waals surface area (Å²) < 4.78 is 1.08. The zero-order chi connectivity index (χ0) is 10.7. The van der Waals surface area contributed by atoms with Gasteiger partial charge in [-0.25, -0.2) is 0 Å². The van der Waals surface area contributed by atoms with E-state index in [2.05, 4.69) is 27.3 Å². The Balaban J connectivity index is 2.03. The quantitative estimate of drug-likeness (QED) is 0.887. The van der Waals surface area contributed by atoms with Crippen molar-refractivity contribution >= 4 is 21.6 Å². The van der Waals surface area contributed by atoms with Crippen LogP contribution in [-0.2, 0) is 0 Å². The summed E-state index contributed by atoms with van der Waals surface area (Å²) in [7, 11) is 0. The molecule has 1 saturated carbocycles. The summed E-state index contributed by atoms with van der Waals surface area (Å²) in [6.07, 6.45) is 3.30. The van der Waals surface area contributed by atoms with Gasteiger partial charge in [-0.05, 0) is 43.5 Å². The van der Waals surface area contributed by atoms with Crippen LogP contribution in [0.4, 0.5) is 5.69 Å². The molecule has 1 aliphatic rings. The third-order valence-electron chi connectivity index (χ3n) is 2.88. The van der Waals surface area contributed by atoms with Crippen molar-refractivity contribution in [3.8, 4) is 6.07 Å². The third kappa shape index (κ3) is 2.51. The van der Waals surface area contributed by atoms with Crippen molar-refractivity contribution in [1.82, 2.24) is 0 Å². The molecule has 0 radical (unpaired) electrons. The van der Waals surface area contributed by atoms with E-state index in [1.54, 1.807) is 0 Å². The molecule has 0 bridgehead atoms. The van der Waals surface area contributed by atoms with Crippen LogP contribution in [0.3, 0.4) is 0 Å². The molecule has 1 aromatic rings. The molecule has 1 aliphatic carbocycles. The van der Waals surface area contributed by atoms with Crippen LogP contribution in [0.25, 0.3) is 0 Å². The van der Waals surface area contributed by atoms with Gasteiger partial charge in [-0.3, -0.25) is 0 Å². The van der Waals surface area contributed by atoms with Gasteiger partial charge in [0.15, 0.2) is 0 Å². The first-order valence-electron chi connectivity index (χ1n) is 5.21. The van der Waals surface area contributed by atoms with E-state index in [9.17, 15) is 0 Å². The summed E-state index contributed by atoms with van der Waals surface area (Å²) in [4.78, 5) is 0. The average molecular weight is 265 g/mol. The van der Waals surface area contributed by atoms with Crippen LogP contribution in [-0.4, -0.2) is 6.04 Å². The van der Waals surface area contributed by atoms with Gasteiger partial charge in [-0.2, -0.15) is 5.26 Å². The fourth-order valence-electron chi connectivity index (χ4n) is 2.05. The molecule has 2 rings (SSSR count). The average Bonchev–Trinajstić information content (AvgIpc) is 2.69. The molecule has 2 unspecified atom stereocenters. The summed E-state index contributed by atoms with van der Waals surface area (Å²) in [6.45, 7) is 0. The van der Waals surface area contributed by atoms with Crippen LogP contribution in [0.15, 0.2) is 28.7 Å². The molecule has 0 aliphatic heterocycles. The van der Waals surface area contributed by atoms with Gasteiger partial charge in [0.1, 0.15) is 0 Å². The van der Waals surface area contributed by atoms with Crippen molar-refractivity contribution in [2.45, 2.75) is 25.3 Å². The zero-order valence-electron chi connectivity index (χ0n) is 8.41. The van der Waals surface area contributed by atoms with Gasteiger partial charge in [-0.1, -0.05) is 15.9 Å². The van der Waals surface area contributed by atoms with E-state index < -0.39 is 0 Å². The van der Waals surface area contributed by atoms with Crippen molar-refractivity contribution in [1.29, 1.82) is 5.26 Å². The van der Waals surface area contributed by atoms with Gasteiger partial charge in [0.25, 0.3) is 0 Å². The maximum Gasteiger partial charge on any atom is 0.0677 e. The molecule has 0 heterocycles. The van der Waals surface area contributed by atoms with Crippen LogP contribution in [0.1, 0.15) is 19.3 Å². The molecule has 0 spiro atoms. The van der Waals surface area contributed by atoms with Gasteiger partial charge in [0.2, 0.25) is 0 Å². The number of hydrogen-bond donors (Lipinski definition) is 1. The molecular formula is C12H13BrN2. The largest absolute Gasteiger partial charge is 0.381 e. The molecule has 1 fully saturated rings. The number of nitriles is 1. The maximum absolute atomic E-state index is 8.96. The van der Waals surface area contributed by atoms with E-state index >= 15 is 0 Å². The normalized spacial score (nSPS) is 24.8. The zero-order valence-corrected chi connectivity index (χ0v) is 10.00. The highest BCUT2D eigenvalue weighted by Crippen LogP contribution is 2.28. The summed E-state index contributed by atoms with van der Waals surface area (Å²) in [5.41, 5.74) is 1.10. The highest BCUT2D eigenvalue weighted by atomic mass is 79.9. The lowest BCUT2D eigenvalue weighted by atomic mass is 10.1.